The molecule has 0 bridgehead atoms. The number of ketones is 1. The molecule has 66 valence electrons. The minimum absolute atomic E-state index is 0. The maximum Gasteiger partial charge on any atom is 0.162 e. The van der Waals surface area contributed by atoms with Crippen molar-refractivity contribution in [3.63, 3.8) is 0 Å². The molecule has 0 N–H and O–H groups in total. The lowest BCUT2D eigenvalue weighted by Crippen LogP contribution is -1.96. The molecule has 1 aromatic rings. The SMILES string of the molecule is CCCC(=O)c1ccccc1.I. The van der Waals surface area contributed by atoms with Gasteiger partial charge in [0.15, 0.2) is 5.78 Å². The summed E-state index contributed by atoms with van der Waals surface area (Å²) < 4.78 is 0. The predicted molar refractivity (Wildman–Crippen MR) is 61.1 cm³/mol. The first-order valence-corrected chi connectivity index (χ1v) is 3.93. The van der Waals surface area contributed by atoms with Gasteiger partial charge in [0.2, 0.25) is 0 Å². The molecule has 0 aliphatic heterocycles. The highest BCUT2D eigenvalue weighted by Gasteiger charge is 2.01. The Morgan fingerprint density at radius 3 is 2.33 bits per heavy atom. The van der Waals surface area contributed by atoms with Crippen LogP contribution in [0.2, 0.25) is 0 Å². The molecule has 2 heteroatoms. The molecule has 0 aliphatic carbocycles. The molecule has 0 aliphatic rings. The molecule has 0 aromatic heterocycles. The highest BCUT2D eigenvalue weighted by Crippen LogP contribution is 2.03. The van der Waals surface area contributed by atoms with E-state index in [-0.39, 0.29) is 29.8 Å². The average Bonchev–Trinajstić information content (AvgIpc) is 2.07. The minimum Gasteiger partial charge on any atom is -0.294 e. The van der Waals surface area contributed by atoms with Gasteiger partial charge in [0, 0.05) is 12.0 Å². The first-order valence-electron chi connectivity index (χ1n) is 3.93. The maximum atomic E-state index is 11.2. The van der Waals surface area contributed by atoms with Gasteiger partial charge in [-0.2, -0.15) is 0 Å². The van der Waals surface area contributed by atoms with Gasteiger partial charge in [-0.1, -0.05) is 37.3 Å². The number of halogens is 1. The molecule has 1 nitrogen and oxygen atoms in total. The van der Waals surface area contributed by atoms with Crippen molar-refractivity contribution in [1.29, 1.82) is 0 Å². The van der Waals surface area contributed by atoms with Crippen LogP contribution in [0.1, 0.15) is 30.1 Å². The van der Waals surface area contributed by atoms with Crippen molar-refractivity contribution in [2.24, 2.45) is 0 Å². The third-order valence-electron chi connectivity index (χ3n) is 1.57. The summed E-state index contributed by atoms with van der Waals surface area (Å²) in [6.45, 7) is 2.01. The van der Waals surface area contributed by atoms with Crippen LogP contribution in [0.25, 0.3) is 0 Å². The van der Waals surface area contributed by atoms with Gasteiger partial charge in [0.25, 0.3) is 0 Å². The molecule has 0 amide bonds. The fraction of sp³-hybridized carbons (Fsp3) is 0.300. The Labute approximate surface area is 90.2 Å². The summed E-state index contributed by atoms with van der Waals surface area (Å²) >= 11 is 0. The second kappa shape index (κ2) is 6.17. The topological polar surface area (TPSA) is 17.1 Å². The van der Waals surface area contributed by atoms with E-state index in [1.54, 1.807) is 0 Å². The number of carbonyl (C=O) groups is 1. The van der Waals surface area contributed by atoms with Crippen molar-refractivity contribution < 1.29 is 4.79 Å². The molecule has 12 heavy (non-hydrogen) atoms. The van der Waals surface area contributed by atoms with Gasteiger partial charge in [-0.25, -0.2) is 0 Å². The summed E-state index contributed by atoms with van der Waals surface area (Å²) in [6.07, 6.45) is 1.58. The largest absolute Gasteiger partial charge is 0.294 e. The van der Waals surface area contributed by atoms with Crippen LogP contribution in [0.5, 0.6) is 0 Å². The van der Waals surface area contributed by atoms with E-state index in [1.807, 2.05) is 37.3 Å². The van der Waals surface area contributed by atoms with Gasteiger partial charge in [-0.05, 0) is 6.42 Å². The zero-order valence-electron chi connectivity index (χ0n) is 7.12. The summed E-state index contributed by atoms with van der Waals surface area (Å²) in [4.78, 5) is 11.2. The van der Waals surface area contributed by atoms with Crippen LogP contribution in [-0.4, -0.2) is 5.78 Å². The smallest absolute Gasteiger partial charge is 0.162 e. The van der Waals surface area contributed by atoms with Gasteiger partial charge in [0.05, 0.1) is 0 Å². The highest BCUT2D eigenvalue weighted by molar-refractivity contribution is 14.0. The minimum atomic E-state index is 0. The lowest BCUT2D eigenvalue weighted by atomic mass is 10.1. The molecule has 0 heterocycles. The van der Waals surface area contributed by atoms with E-state index >= 15 is 0 Å². The third-order valence-corrected chi connectivity index (χ3v) is 1.57. The zero-order valence-corrected chi connectivity index (χ0v) is 9.45. The second-order valence-corrected chi connectivity index (χ2v) is 2.54. The first kappa shape index (κ1) is 11.6. The third kappa shape index (κ3) is 3.34. The number of rotatable bonds is 3. The number of Topliss-reactive ketones (excluding diaryl/α,β-unsaturated/α-hetero) is 1. The first-order chi connectivity index (χ1) is 5.34. The number of benzene rings is 1. The van der Waals surface area contributed by atoms with E-state index < -0.39 is 0 Å². The Kier molecular flexibility index (Phi) is 5.98. The summed E-state index contributed by atoms with van der Waals surface area (Å²) in [6, 6.07) is 9.42. The van der Waals surface area contributed by atoms with E-state index in [4.69, 9.17) is 0 Å². The van der Waals surface area contributed by atoms with Gasteiger partial charge in [-0.15, -0.1) is 24.0 Å². The molecule has 0 saturated carbocycles. The Morgan fingerprint density at radius 2 is 1.83 bits per heavy atom. The fourth-order valence-corrected chi connectivity index (χ4v) is 0.995. The van der Waals surface area contributed by atoms with Crippen LogP contribution in [-0.2, 0) is 0 Å². The van der Waals surface area contributed by atoms with Crippen LogP contribution in [0.15, 0.2) is 30.3 Å². The molecular formula is C10H13IO. The quantitative estimate of drug-likeness (QED) is 0.611. The van der Waals surface area contributed by atoms with Crippen molar-refractivity contribution in [3.05, 3.63) is 35.9 Å². The Morgan fingerprint density at radius 1 is 1.25 bits per heavy atom. The van der Waals surface area contributed by atoms with Crippen molar-refractivity contribution in [3.8, 4) is 0 Å². The molecule has 0 fully saturated rings. The second-order valence-electron chi connectivity index (χ2n) is 2.54. The van der Waals surface area contributed by atoms with E-state index in [2.05, 4.69) is 0 Å². The van der Waals surface area contributed by atoms with Crippen LogP contribution < -0.4 is 0 Å². The molecule has 0 saturated heterocycles. The maximum absolute atomic E-state index is 11.2. The van der Waals surface area contributed by atoms with Gasteiger partial charge >= 0.3 is 0 Å². The van der Waals surface area contributed by atoms with Crippen molar-refractivity contribution in [2.45, 2.75) is 19.8 Å². The molecule has 0 spiro atoms. The van der Waals surface area contributed by atoms with Crippen molar-refractivity contribution >= 4 is 29.8 Å². The van der Waals surface area contributed by atoms with Gasteiger partial charge in [0.1, 0.15) is 0 Å². The Balaban J connectivity index is 0.00000121. The summed E-state index contributed by atoms with van der Waals surface area (Å²) in [5.74, 6) is 0.244. The van der Waals surface area contributed by atoms with Crippen LogP contribution in [0, 0.1) is 0 Å². The fourth-order valence-electron chi connectivity index (χ4n) is 0.995. The molecule has 0 atom stereocenters. The standard InChI is InChI=1S/C10H12O.HI/c1-2-6-10(11)9-7-4-3-5-8-9;/h3-5,7-8H,2,6H2,1H3;1H. The summed E-state index contributed by atoms with van der Waals surface area (Å²) in [5.41, 5.74) is 0.828. The van der Waals surface area contributed by atoms with Gasteiger partial charge < -0.3 is 0 Å². The highest BCUT2D eigenvalue weighted by atomic mass is 127. The van der Waals surface area contributed by atoms with E-state index in [1.165, 1.54) is 0 Å². The van der Waals surface area contributed by atoms with Crippen molar-refractivity contribution in [2.75, 3.05) is 0 Å². The summed E-state index contributed by atoms with van der Waals surface area (Å²) in [7, 11) is 0. The molecule has 1 rings (SSSR count). The van der Waals surface area contributed by atoms with E-state index in [0.717, 1.165) is 12.0 Å². The number of carbonyl (C=O) groups excluding carboxylic acids is 1. The lowest BCUT2D eigenvalue weighted by molar-refractivity contribution is 0.0982. The van der Waals surface area contributed by atoms with Gasteiger partial charge in [-0.3, -0.25) is 4.79 Å². The number of hydrogen-bond acceptors (Lipinski definition) is 1. The molecular weight excluding hydrogens is 263 g/mol. The lowest BCUT2D eigenvalue weighted by Gasteiger charge is -1.96. The Hall–Kier alpha value is -0.380. The van der Waals surface area contributed by atoms with Crippen molar-refractivity contribution in [1.82, 2.24) is 0 Å². The van der Waals surface area contributed by atoms with Crippen LogP contribution >= 0.6 is 24.0 Å². The summed E-state index contributed by atoms with van der Waals surface area (Å²) in [5, 5.41) is 0. The number of hydrogen-bond donors (Lipinski definition) is 0. The van der Waals surface area contributed by atoms with E-state index in [0.29, 0.717) is 6.42 Å². The predicted octanol–water partition coefficient (Wildman–Crippen LogP) is 3.29. The molecule has 1 aromatic carbocycles. The molecule has 0 unspecified atom stereocenters. The normalized spacial score (nSPS) is 8.75. The monoisotopic (exact) mass is 276 g/mol. The van der Waals surface area contributed by atoms with Crippen LogP contribution in [0.4, 0.5) is 0 Å². The molecule has 0 radical (unpaired) electrons. The zero-order chi connectivity index (χ0) is 8.10. The van der Waals surface area contributed by atoms with E-state index in [9.17, 15) is 4.79 Å². The Bertz CT molecular complexity index is 231. The van der Waals surface area contributed by atoms with Crippen LogP contribution in [0.3, 0.4) is 0 Å². The average molecular weight is 276 g/mol.